The van der Waals surface area contributed by atoms with E-state index in [4.69, 9.17) is 0 Å². The molecule has 0 bridgehead atoms. The topological polar surface area (TPSA) is 29.9 Å². The SMILES string of the molecule is Cc1nn(CCNC(C)(C)C)c(C)c1Br. The van der Waals surface area contributed by atoms with Crippen LogP contribution in [0.1, 0.15) is 32.2 Å². The van der Waals surface area contributed by atoms with Gasteiger partial charge in [-0.05, 0) is 50.5 Å². The molecule has 0 amide bonds. The maximum Gasteiger partial charge on any atom is 0.0738 e. The molecule has 0 spiro atoms. The van der Waals surface area contributed by atoms with Crippen LogP contribution in [0.3, 0.4) is 0 Å². The molecular weight excluding hydrogens is 254 g/mol. The summed E-state index contributed by atoms with van der Waals surface area (Å²) in [7, 11) is 0. The third kappa shape index (κ3) is 3.61. The Morgan fingerprint density at radius 2 is 1.93 bits per heavy atom. The quantitative estimate of drug-likeness (QED) is 0.918. The molecule has 0 fully saturated rings. The van der Waals surface area contributed by atoms with Crippen LogP contribution in [0.4, 0.5) is 0 Å². The molecule has 1 aromatic rings. The number of halogens is 1. The van der Waals surface area contributed by atoms with E-state index >= 15 is 0 Å². The van der Waals surface area contributed by atoms with Gasteiger partial charge in [0.15, 0.2) is 0 Å². The second-order valence-corrected chi connectivity index (χ2v) is 5.68. The predicted molar refractivity (Wildman–Crippen MR) is 67.2 cm³/mol. The van der Waals surface area contributed by atoms with Crippen LogP contribution in [0.15, 0.2) is 4.47 Å². The zero-order valence-electron chi connectivity index (χ0n) is 10.2. The molecular formula is C11H20BrN3. The minimum Gasteiger partial charge on any atom is -0.310 e. The van der Waals surface area contributed by atoms with Gasteiger partial charge >= 0.3 is 0 Å². The number of rotatable bonds is 3. The Morgan fingerprint density at radius 3 is 2.33 bits per heavy atom. The molecule has 0 saturated heterocycles. The van der Waals surface area contributed by atoms with Crippen molar-refractivity contribution in [1.29, 1.82) is 0 Å². The highest BCUT2D eigenvalue weighted by atomic mass is 79.9. The monoisotopic (exact) mass is 273 g/mol. The van der Waals surface area contributed by atoms with Gasteiger partial charge in [-0.15, -0.1) is 0 Å². The fraction of sp³-hybridized carbons (Fsp3) is 0.727. The Kier molecular flexibility index (Phi) is 3.95. The van der Waals surface area contributed by atoms with Gasteiger partial charge in [-0.3, -0.25) is 4.68 Å². The van der Waals surface area contributed by atoms with E-state index in [0.29, 0.717) is 0 Å². The molecule has 0 unspecified atom stereocenters. The fourth-order valence-corrected chi connectivity index (χ4v) is 1.71. The number of nitrogens with one attached hydrogen (secondary N) is 1. The fourth-order valence-electron chi connectivity index (χ4n) is 1.43. The number of hydrogen-bond donors (Lipinski definition) is 1. The maximum atomic E-state index is 4.46. The van der Waals surface area contributed by atoms with Crippen molar-refractivity contribution in [1.82, 2.24) is 15.1 Å². The van der Waals surface area contributed by atoms with Crippen LogP contribution in [0.25, 0.3) is 0 Å². The maximum absolute atomic E-state index is 4.46. The lowest BCUT2D eigenvalue weighted by Crippen LogP contribution is -2.38. The van der Waals surface area contributed by atoms with Gasteiger partial charge in [-0.1, -0.05) is 0 Å². The molecule has 1 aromatic heterocycles. The van der Waals surface area contributed by atoms with Crippen molar-refractivity contribution in [3.05, 3.63) is 15.9 Å². The Labute approximate surface area is 100 Å². The van der Waals surface area contributed by atoms with Gasteiger partial charge in [0.05, 0.1) is 16.7 Å². The molecule has 0 atom stereocenters. The average molecular weight is 274 g/mol. The van der Waals surface area contributed by atoms with E-state index in [1.165, 1.54) is 5.69 Å². The summed E-state index contributed by atoms with van der Waals surface area (Å²) in [6.07, 6.45) is 0. The number of nitrogens with zero attached hydrogens (tertiary/aromatic N) is 2. The van der Waals surface area contributed by atoms with E-state index in [1.54, 1.807) is 0 Å². The Bertz CT molecular complexity index is 336. The summed E-state index contributed by atoms with van der Waals surface area (Å²) >= 11 is 3.53. The van der Waals surface area contributed by atoms with Gasteiger partial charge in [0, 0.05) is 17.8 Å². The summed E-state index contributed by atoms with van der Waals surface area (Å²) < 4.78 is 3.16. The van der Waals surface area contributed by atoms with Crippen molar-refractivity contribution in [2.75, 3.05) is 6.54 Å². The van der Waals surface area contributed by atoms with Crippen molar-refractivity contribution in [3.8, 4) is 0 Å². The van der Waals surface area contributed by atoms with Gasteiger partial charge < -0.3 is 5.32 Å². The van der Waals surface area contributed by atoms with Crippen LogP contribution in [0.2, 0.25) is 0 Å². The lowest BCUT2D eigenvalue weighted by atomic mass is 10.1. The molecule has 0 radical (unpaired) electrons. The van der Waals surface area contributed by atoms with E-state index in [-0.39, 0.29) is 5.54 Å². The summed E-state index contributed by atoms with van der Waals surface area (Å²) in [5.41, 5.74) is 2.43. The molecule has 4 heteroatoms. The number of aromatic nitrogens is 2. The molecule has 86 valence electrons. The van der Waals surface area contributed by atoms with Crippen molar-refractivity contribution in [3.63, 3.8) is 0 Å². The van der Waals surface area contributed by atoms with E-state index in [2.05, 4.69) is 54.0 Å². The van der Waals surface area contributed by atoms with E-state index in [9.17, 15) is 0 Å². The zero-order chi connectivity index (χ0) is 11.6. The smallest absolute Gasteiger partial charge is 0.0738 e. The van der Waals surface area contributed by atoms with Gasteiger partial charge in [0.25, 0.3) is 0 Å². The lowest BCUT2D eigenvalue weighted by Gasteiger charge is -2.20. The van der Waals surface area contributed by atoms with Crippen molar-refractivity contribution >= 4 is 15.9 Å². The zero-order valence-corrected chi connectivity index (χ0v) is 11.8. The van der Waals surface area contributed by atoms with Gasteiger partial charge in [-0.2, -0.15) is 5.10 Å². The van der Waals surface area contributed by atoms with Crippen LogP contribution < -0.4 is 5.32 Å². The molecule has 0 aliphatic rings. The summed E-state index contributed by atoms with van der Waals surface area (Å²) in [4.78, 5) is 0. The van der Waals surface area contributed by atoms with Crippen molar-refractivity contribution in [2.24, 2.45) is 0 Å². The highest BCUT2D eigenvalue weighted by molar-refractivity contribution is 9.10. The highest BCUT2D eigenvalue weighted by Gasteiger charge is 2.10. The third-order valence-corrected chi connectivity index (χ3v) is 3.42. The van der Waals surface area contributed by atoms with Crippen LogP contribution >= 0.6 is 15.9 Å². The number of hydrogen-bond acceptors (Lipinski definition) is 2. The lowest BCUT2D eigenvalue weighted by molar-refractivity contribution is 0.403. The second kappa shape index (κ2) is 4.66. The first kappa shape index (κ1) is 12.7. The van der Waals surface area contributed by atoms with Crippen LogP contribution in [-0.4, -0.2) is 21.9 Å². The predicted octanol–water partition coefficient (Wildman–Crippen LogP) is 2.65. The Morgan fingerprint density at radius 1 is 1.33 bits per heavy atom. The molecule has 0 aliphatic heterocycles. The molecule has 0 aromatic carbocycles. The first-order chi connectivity index (χ1) is 6.81. The molecule has 1 heterocycles. The summed E-state index contributed by atoms with van der Waals surface area (Å²) in [6, 6.07) is 0. The largest absolute Gasteiger partial charge is 0.310 e. The third-order valence-electron chi connectivity index (χ3n) is 2.27. The summed E-state index contributed by atoms with van der Waals surface area (Å²) in [5.74, 6) is 0. The standard InChI is InChI=1S/C11H20BrN3/c1-8-10(12)9(2)15(14-8)7-6-13-11(3,4)5/h13H,6-7H2,1-5H3. The van der Waals surface area contributed by atoms with Gasteiger partial charge in [-0.25, -0.2) is 0 Å². The van der Waals surface area contributed by atoms with Gasteiger partial charge in [0.1, 0.15) is 0 Å². The number of aryl methyl sites for hydroxylation is 1. The second-order valence-electron chi connectivity index (χ2n) is 4.88. The molecule has 15 heavy (non-hydrogen) atoms. The minimum absolute atomic E-state index is 0.174. The van der Waals surface area contributed by atoms with Crippen LogP contribution in [0.5, 0.6) is 0 Å². The first-order valence-corrected chi connectivity index (χ1v) is 6.05. The van der Waals surface area contributed by atoms with Crippen LogP contribution in [0, 0.1) is 13.8 Å². The molecule has 0 saturated carbocycles. The Hall–Kier alpha value is -0.350. The highest BCUT2D eigenvalue weighted by Crippen LogP contribution is 2.19. The molecule has 1 rings (SSSR count). The minimum atomic E-state index is 0.174. The van der Waals surface area contributed by atoms with Crippen LogP contribution in [-0.2, 0) is 6.54 Å². The molecule has 0 aliphatic carbocycles. The van der Waals surface area contributed by atoms with E-state index in [1.807, 2.05) is 11.6 Å². The van der Waals surface area contributed by atoms with E-state index < -0.39 is 0 Å². The normalized spacial score (nSPS) is 12.1. The van der Waals surface area contributed by atoms with Crippen molar-refractivity contribution < 1.29 is 0 Å². The average Bonchev–Trinajstić information content (AvgIpc) is 2.32. The van der Waals surface area contributed by atoms with Crippen molar-refractivity contribution in [2.45, 2.75) is 46.7 Å². The Balaban J connectivity index is 2.55. The summed E-state index contributed by atoms with van der Waals surface area (Å²) in [6.45, 7) is 12.5. The van der Waals surface area contributed by atoms with Gasteiger partial charge in [0.2, 0.25) is 0 Å². The van der Waals surface area contributed by atoms with E-state index in [0.717, 1.165) is 23.3 Å². The summed E-state index contributed by atoms with van der Waals surface area (Å²) in [5, 5.41) is 7.91. The first-order valence-electron chi connectivity index (χ1n) is 5.26. The molecule has 3 nitrogen and oxygen atoms in total. The molecule has 1 N–H and O–H groups in total.